The Morgan fingerprint density at radius 2 is 0.570 bits per heavy atom. The van der Waals surface area contributed by atoms with Gasteiger partial charge in [0.1, 0.15) is 7.67 Å². The van der Waals surface area contributed by atoms with E-state index in [9.17, 15) is 9.60 Å². The molecule has 149 heavy (non-hydrogen) atoms. The topological polar surface area (TPSA) is 103 Å². The first-order chi connectivity index (χ1) is 102. The molecule has 0 atom stereocenters. The summed E-state index contributed by atoms with van der Waals surface area (Å²) < 4.78 is 614. The molecule has 13 nitrogen and oxygen atoms in total. The number of para-hydroxylation sites is 13. The van der Waals surface area contributed by atoms with Crippen molar-refractivity contribution in [3.8, 4) is 40.2 Å². The van der Waals surface area contributed by atoms with E-state index in [0.29, 0.717) is 25.9 Å². The molecule has 0 unspecified atom stereocenters. The van der Waals surface area contributed by atoms with Crippen LogP contribution in [0.5, 0.6) is 0 Å². The van der Waals surface area contributed by atoms with E-state index in [1.165, 1.54) is 47.4 Å². The average molecular weight is 2050 g/mol. The maximum Gasteiger partial charge on any atom is 0.220 e. The number of hydrogen-bond acceptors (Lipinski definition) is 9. The Bertz CT molecular complexity index is 16000. The fraction of sp³-hybridized carbons (Fsp3) is 0.0227. The summed E-state index contributed by atoms with van der Waals surface area (Å²) in [6.45, 7) is 4.47. The molecule has 0 N–H and O–H groups in total. The smallest absolute Gasteiger partial charge is 0.220 e. The van der Waals surface area contributed by atoms with Crippen LogP contribution >= 0.6 is 45.3 Å². The van der Waals surface area contributed by atoms with Crippen molar-refractivity contribution in [2.24, 2.45) is 0 Å². The summed E-state index contributed by atoms with van der Waals surface area (Å²) in [5.41, 5.74) is -4.99. The van der Waals surface area contributed by atoms with Crippen LogP contribution in [0.1, 0.15) is 111 Å². The van der Waals surface area contributed by atoms with Crippen LogP contribution in [-0.4, -0.2) is 61.3 Å². The molecule has 19 aromatic carbocycles. The molecular formula is C132H83N13S4. The third-order valence-electron chi connectivity index (χ3n) is 25.2. The molecule has 0 amide bonds. The van der Waals surface area contributed by atoms with Gasteiger partial charge in [0.05, 0.1) is 201 Å². The Morgan fingerprint density at radius 1 is 0.215 bits per heavy atom. The zero-order valence-electron chi connectivity index (χ0n) is 144. The molecule has 0 aliphatic carbocycles. The van der Waals surface area contributed by atoms with E-state index in [1.807, 2.05) is 0 Å². The Balaban J connectivity index is 0.000000118. The summed E-state index contributed by atoms with van der Waals surface area (Å²) in [7, 11) is 0. The van der Waals surface area contributed by atoms with Crippen molar-refractivity contribution in [2.75, 3.05) is 0 Å². The highest BCUT2D eigenvalue weighted by atomic mass is 32.1. The molecule has 0 saturated carbocycles. The number of fused-ring (bicyclic) bond motifs is 35. The first-order valence-electron chi connectivity index (χ1n) is 79.1. The molecule has 0 aliphatic rings. The van der Waals surface area contributed by atoms with E-state index in [2.05, 4.69) is 24.9 Å². The second kappa shape index (κ2) is 33.3. The lowest BCUT2D eigenvalue weighted by Crippen LogP contribution is -1.99. The number of rotatable bonds is 7. The molecule has 17 heteroatoms. The van der Waals surface area contributed by atoms with E-state index in [4.69, 9.17) is 85.0 Å². The van der Waals surface area contributed by atoms with Gasteiger partial charge in [-0.25, -0.2) is 24.9 Å². The van der Waals surface area contributed by atoms with Crippen LogP contribution in [0.4, 0.5) is 0 Å². The Kier molecular flexibility index (Phi) is 9.28. The van der Waals surface area contributed by atoms with E-state index in [1.54, 1.807) is 24.3 Å². The van der Waals surface area contributed by atoms with E-state index in [-0.39, 0.29) is 293 Å². The summed E-state index contributed by atoms with van der Waals surface area (Å²) in [5.74, 6) is -0.632. The van der Waals surface area contributed by atoms with Crippen LogP contribution in [0, 0.1) is 20.8 Å². The van der Waals surface area contributed by atoms with Crippen molar-refractivity contribution < 1.29 is 94.6 Å². The maximum atomic E-state index is 9.79. The molecule has 0 radical (unpaired) electrons. The first-order valence-corrected chi connectivity index (χ1v) is 47.9. The van der Waals surface area contributed by atoms with Gasteiger partial charge in [0.15, 0.2) is 17.5 Å². The first kappa shape index (κ1) is 41.6. The van der Waals surface area contributed by atoms with Crippen LogP contribution < -0.4 is 0 Å². The number of hydrogen-bond donors (Lipinski definition) is 0. The molecule has 0 aliphatic heterocycles. The lowest BCUT2D eigenvalue weighted by Gasteiger charge is -2.10. The summed E-state index contributed by atoms with van der Waals surface area (Å²) in [6, 6.07) is -31.3. The average Bonchev–Trinajstić information content (AvgIpc) is 1.52. The highest BCUT2D eigenvalue weighted by Crippen LogP contribution is 2.49. The molecule has 700 valence electrons. The Hall–Kier alpha value is -18.5. The lowest BCUT2D eigenvalue weighted by molar-refractivity contribution is 1.07. The van der Waals surface area contributed by atoms with Gasteiger partial charge in [0.25, 0.3) is 0 Å². The molecule has 15 heterocycles. The largest absolute Gasteiger partial charge is 0.309 e. The summed E-state index contributed by atoms with van der Waals surface area (Å²) in [6.07, 6.45) is 0.199. The summed E-state index contributed by atoms with van der Waals surface area (Å²) >= 11 is 3.82. The van der Waals surface area contributed by atoms with Gasteiger partial charge in [-0.1, -0.05) is 240 Å². The predicted molar refractivity (Wildman–Crippen MR) is 632 cm³/mol. The second-order valence-corrected chi connectivity index (χ2v) is 37.6. The molecule has 15 aromatic heterocycles. The van der Waals surface area contributed by atoms with Gasteiger partial charge < -0.3 is 13.7 Å². The quantitative estimate of drug-likeness (QED) is 0.158. The van der Waals surface area contributed by atoms with Crippen LogP contribution in [0.2, 0.25) is 0 Å². The minimum Gasteiger partial charge on any atom is -0.309 e. The molecule has 0 spiro atoms. The SMILES string of the molecule is [2H]c1c([2H])c([2H])c2c(c1[2H])c1c([2H])c([2H])c([2H])c([2H])c1n2-c1ccc2sc3c(-n4c5c([2H])c([2H])c([2H])c([2H])c5c5c([2H])c(C)c([2H])c([2H])c54)nccc3c2c1.[2H]c1c([2H])c([2H])c2c(nc3n(-c4c([2H])c([2H])c5sc6c([2H])c([2H])c([2H])c([2H])c6c5c4[2H])c4c([2H])c([2H])c([2H])c([2H])c4n23)c1[2H].[2H]c1nc(-n2c3c([2H])c([2H])c([2H])c([2H])c3c3c([2H])c(-n4c5c([2H])c([2H])c([2H])c([2H])c5c5c([2H])c([2H])c([2H])c([2H])c54)c([2H])c([2H])c32)c2sc3c([2H])c([2H])c(C)c([2H])c3c2c1[2H].[2H]c1nc(-n2c3c([2H])c([2H])c([2H])c([2H])c3c3c([2H])c(-n4c5c([2H])c([2H])c([2H])c([2H])c5c5c([2H])c([2H])c([2H])c([2H])c54)c([2H])c([2H])c32)c2sc3c([2H])c([2H])c(C)c([2H])c3c2n1. The summed E-state index contributed by atoms with van der Waals surface area (Å²) in [4.78, 5) is 22.0. The number of nitrogens with zero attached hydrogens (tertiary/aromatic N) is 13. The zero-order chi connectivity index (χ0) is 158. The van der Waals surface area contributed by atoms with Crippen LogP contribution in [-0.2, 0) is 0 Å². The number of benzene rings is 19. The Morgan fingerprint density at radius 3 is 1.12 bits per heavy atom. The van der Waals surface area contributed by atoms with Crippen LogP contribution in [0.15, 0.2) is 448 Å². The molecular weight excluding hydrogens is 1900 g/mol. The fourth-order valence-corrected chi connectivity index (χ4v) is 23.3. The molecule has 34 aromatic rings. The third kappa shape index (κ3) is 13.0. The lowest BCUT2D eigenvalue weighted by atomic mass is 10.1. The minimum absolute atomic E-state index is 0.000283. The minimum atomic E-state index is -0.836. The van der Waals surface area contributed by atoms with Gasteiger partial charge in [-0.3, -0.25) is 22.7 Å². The van der Waals surface area contributed by atoms with Crippen molar-refractivity contribution in [1.82, 2.24) is 61.3 Å². The monoisotopic (exact) mass is 2050 g/mol. The molecule has 0 saturated heterocycles. The number of aromatic nitrogens is 13. The van der Waals surface area contributed by atoms with Crippen molar-refractivity contribution in [2.45, 2.75) is 20.8 Å². The third-order valence-corrected chi connectivity index (χ3v) is 29.6. The second-order valence-electron chi connectivity index (χ2n) is 33.5. The van der Waals surface area contributed by atoms with Gasteiger partial charge in [0, 0.05) is 161 Å². The standard InChI is InChI=1S/2C36H23N3S.C35H22N4S.C25H15N3S/c1-22-14-17-34-29(20-22)27-18-19-37-36(35(27)40-34)39-32-13-7-4-10-26(32)28-21-23(15-16-33(28)39)38-30-11-5-2-8-24(30)25-9-3-6-12-31(25)38;1-22-14-16-33-28(20-22)26-10-4-7-13-32(26)39(33)36-35-27(18-19-37-36)29-21-23(15-17-34(29)40-35)38-30-11-5-2-8-24(30)25-9-3-6-12-31(25)38;1-21-14-17-32-27(18-21)33-34(40-32)35(37-20-36-33)39-30-13-7-4-10-25(30)26-19-22(15-16-31(26)39)38-28-11-5-2-8-23(28)24-9-3-6-12-29(24)38;1-6-12-23-17(7-1)18-15-16(13-14-24(18)29-23)27-21-10-4-5-11-22(21)28-20-9-3-2-8-19(20)26-25(27)28/h2*2-21H,1H3;2-20H,1H3;1-15H/i2D,3D,4D,5D,6D,7D,8D,9D,10D,11D,12D,13D,14D,15D,16D,17D,18D,19D,20D,21D;2D,3D,4D,5D,6D,7D,8D,9D,10D,11D,12D,13D,14D,16D,20D;2D,3D,4D,5D,6D,7D,8D,9D,10D,11D,12D,13D,14D,15D,16D,17D,18D,19D,20D;1D,2D,3D,4D,5D,6D,7D,8D,9D,10D,11D,12D,13D,14D,15D. The van der Waals surface area contributed by atoms with Gasteiger partial charge in [0.2, 0.25) is 5.78 Å². The van der Waals surface area contributed by atoms with E-state index in [0.717, 1.165) is 61.2 Å². The maximum absolute atomic E-state index is 9.79. The van der Waals surface area contributed by atoms with Gasteiger partial charge in [-0.15, -0.1) is 45.3 Å². The van der Waals surface area contributed by atoms with E-state index >= 15 is 0 Å². The molecule has 0 fully saturated rings. The highest BCUT2D eigenvalue weighted by Gasteiger charge is 2.27. The van der Waals surface area contributed by atoms with Crippen molar-refractivity contribution in [3.63, 3.8) is 0 Å². The van der Waals surface area contributed by atoms with E-state index < -0.39 is 395 Å². The van der Waals surface area contributed by atoms with Crippen LogP contribution in [0.3, 0.4) is 0 Å². The van der Waals surface area contributed by atoms with Gasteiger partial charge >= 0.3 is 0 Å². The number of pyridine rings is 2. The van der Waals surface area contributed by atoms with Crippen LogP contribution in [0.25, 0.3) is 280 Å². The van der Waals surface area contributed by atoms with Crippen molar-refractivity contribution in [3.05, 3.63) is 464 Å². The number of thiophene rings is 4. The zero-order valence-corrected chi connectivity index (χ0v) is 78.6. The van der Waals surface area contributed by atoms with Crippen molar-refractivity contribution >= 4 is 285 Å². The summed E-state index contributed by atoms with van der Waals surface area (Å²) in [5, 5.41) is -1.56. The van der Waals surface area contributed by atoms with Crippen molar-refractivity contribution in [1.29, 1.82) is 0 Å². The molecule has 34 rings (SSSR count). The Labute approximate surface area is 963 Å². The predicted octanol–water partition coefficient (Wildman–Crippen LogP) is 36.1. The number of imidazole rings is 2. The van der Waals surface area contributed by atoms with Gasteiger partial charge in [-0.05, 0) is 226 Å². The highest BCUT2D eigenvalue weighted by molar-refractivity contribution is 7.27. The normalized spacial score (nSPS) is 18.6. The fourth-order valence-electron chi connectivity index (χ4n) is 19.1. The molecule has 0 bridgehead atoms. The van der Waals surface area contributed by atoms with Gasteiger partial charge in [-0.2, -0.15) is 0 Å².